The molecule has 82 valence electrons. The Morgan fingerprint density at radius 3 is 2.21 bits per heavy atom. The Kier molecular flexibility index (Phi) is 3.09. The molecule has 0 bridgehead atoms. The number of hydrogen-bond acceptors (Lipinski definition) is 1. The Bertz CT molecular complexity index is 236. The molecule has 1 rings (SSSR count). The van der Waals surface area contributed by atoms with E-state index in [1.807, 2.05) is 0 Å². The van der Waals surface area contributed by atoms with Gasteiger partial charge in [0.15, 0.2) is 0 Å². The minimum Gasteiger partial charge on any atom is -0.299 e. The topological polar surface area (TPSA) is 17.1 Å². The van der Waals surface area contributed by atoms with Crippen molar-refractivity contribution in [2.45, 2.75) is 37.0 Å². The van der Waals surface area contributed by atoms with Crippen LogP contribution in [0.1, 0.15) is 25.7 Å². The molecular formula is C8H9ClF4O. The van der Waals surface area contributed by atoms with Crippen LogP contribution < -0.4 is 0 Å². The molecular weight excluding hydrogens is 224 g/mol. The standard InChI is InChI=1S/C8H9ClF4O/c9-8(12,13)7(10,11)5-3-1-2-4-6(5)14/h5H,1-4H2. The van der Waals surface area contributed by atoms with Gasteiger partial charge in [-0.1, -0.05) is 6.42 Å². The highest BCUT2D eigenvalue weighted by molar-refractivity contribution is 6.22. The SMILES string of the molecule is O=C1CCCCC1C(F)(F)C(F)(F)Cl. The third-order valence-electron chi connectivity index (χ3n) is 2.37. The molecule has 0 radical (unpaired) electrons. The largest absolute Gasteiger partial charge is 0.384 e. The Balaban J connectivity index is 2.85. The van der Waals surface area contributed by atoms with Crippen LogP contribution in [0.15, 0.2) is 0 Å². The van der Waals surface area contributed by atoms with E-state index in [1.54, 1.807) is 0 Å². The number of Topliss-reactive ketones (excluding diaryl/α,β-unsaturated/α-hetero) is 1. The van der Waals surface area contributed by atoms with Gasteiger partial charge < -0.3 is 0 Å². The van der Waals surface area contributed by atoms with Crippen molar-refractivity contribution in [3.63, 3.8) is 0 Å². The van der Waals surface area contributed by atoms with E-state index in [9.17, 15) is 22.4 Å². The maximum absolute atomic E-state index is 13.0. The Hall–Kier alpha value is -0.320. The van der Waals surface area contributed by atoms with Crippen LogP contribution in [0, 0.1) is 5.92 Å². The molecule has 1 aliphatic carbocycles. The summed E-state index contributed by atoms with van der Waals surface area (Å²) < 4.78 is 50.6. The van der Waals surface area contributed by atoms with Crippen molar-refractivity contribution >= 4 is 17.4 Å². The minimum absolute atomic E-state index is 0.0623. The first kappa shape index (κ1) is 11.8. The first-order chi connectivity index (χ1) is 6.27. The number of carbonyl (C=O) groups is 1. The number of carbonyl (C=O) groups excluding carboxylic acids is 1. The Morgan fingerprint density at radius 1 is 1.21 bits per heavy atom. The summed E-state index contributed by atoms with van der Waals surface area (Å²) in [5.41, 5.74) is 0. The third-order valence-corrected chi connectivity index (χ3v) is 2.62. The van der Waals surface area contributed by atoms with E-state index in [-0.39, 0.29) is 12.8 Å². The molecule has 0 spiro atoms. The van der Waals surface area contributed by atoms with E-state index in [4.69, 9.17) is 0 Å². The fourth-order valence-corrected chi connectivity index (χ4v) is 1.70. The molecule has 0 amide bonds. The summed E-state index contributed by atoms with van der Waals surface area (Å²) in [7, 11) is 0. The highest BCUT2D eigenvalue weighted by Crippen LogP contribution is 2.46. The summed E-state index contributed by atoms with van der Waals surface area (Å²) in [6.45, 7) is 0. The van der Waals surface area contributed by atoms with Gasteiger partial charge in [-0.05, 0) is 24.4 Å². The van der Waals surface area contributed by atoms with Gasteiger partial charge in [-0.15, -0.1) is 0 Å². The van der Waals surface area contributed by atoms with Crippen molar-refractivity contribution in [1.29, 1.82) is 0 Å². The number of alkyl halides is 5. The van der Waals surface area contributed by atoms with Crippen LogP contribution in [0.25, 0.3) is 0 Å². The lowest BCUT2D eigenvalue weighted by Gasteiger charge is -2.30. The van der Waals surface area contributed by atoms with Crippen LogP contribution in [-0.2, 0) is 4.79 Å². The van der Waals surface area contributed by atoms with Gasteiger partial charge in [0, 0.05) is 6.42 Å². The van der Waals surface area contributed by atoms with Gasteiger partial charge in [0.2, 0.25) is 0 Å². The van der Waals surface area contributed by atoms with Crippen molar-refractivity contribution in [2.75, 3.05) is 0 Å². The van der Waals surface area contributed by atoms with Gasteiger partial charge in [0.1, 0.15) is 5.78 Å². The molecule has 1 atom stereocenters. The number of hydrogen-bond donors (Lipinski definition) is 0. The Morgan fingerprint density at radius 2 is 1.79 bits per heavy atom. The molecule has 1 fully saturated rings. The molecule has 0 heterocycles. The lowest BCUT2D eigenvalue weighted by molar-refractivity contribution is -0.196. The van der Waals surface area contributed by atoms with Crippen LogP contribution in [0.3, 0.4) is 0 Å². The molecule has 1 unspecified atom stereocenters. The smallest absolute Gasteiger partial charge is 0.299 e. The predicted molar refractivity (Wildman–Crippen MR) is 42.7 cm³/mol. The van der Waals surface area contributed by atoms with E-state index in [0.29, 0.717) is 12.8 Å². The van der Waals surface area contributed by atoms with Crippen molar-refractivity contribution in [3.8, 4) is 0 Å². The summed E-state index contributed by atoms with van der Waals surface area (Å²) in [5, 5.41) is -4.65. The van der Waals surface area contributed by atoms with Gasteiger partial charge in [-0.25, -0.2) is 0 Å². The number of rotatable bonds is 2. The van der Waals surface area contributed by atoms with Crippen molar-refractivity contribution in [3.05, 3.63) is 0 Å². The van der Waals surface area contributed by atoms with Crippen molar-refractivity contribution < 1.29 is 22.4 Å². The average Bonchev–Trinajstić information content (AvgIpc) is 2.02. The average molecular weight is 233 g/mol. The van der Waals surface area contributed by atoms with E-state index in [0.717, 1.165) is 0 Å². The Labute approximate surface area is 83.4 Å². The second kappa shape index (κ2) is 3.68. The molecule has 0 aromatic heterocycles. The van der Waals surface area contributed by atoms with Crippen LogP contribution in [0.5, 0.6) is 0 Å². The lowest BCUT2D eigenvalue weighted by Crippen LogP contribution is -2.47. The van der Waals surface area contributed by atoms with E-state index < -0.39 is 23.0 Å². The van der Waals surface area contributed by atoms with E-state index >= 15 is 0 Å². The first-order valence-corrected chi connectivity index (χ1v) is 4.62. The monoisotopic (exact) mass is 232 g/mol. The molecule has 0 aliphatic heterocycles. The lowest BCUT2D eigenvalue weighted by atomic mass is 9.83. The summed E-state index contributed by atoms with van der Waals surface area (Å²) >= 11 is 4.29. The number of halogens is 5. The van der Waals surface area contributed by atoms with Gasteiger partial charge in [0.25, 0.3) is 0 Å². The third kappa shape index (κ3) is 2.02. The molecule has 1 aliphatic rings. The summed E-state index contributed by atoms with van der Waals surface area (Å²) in [6, 6.07) is 0. The maximum atomic E-state index is 13.0. The van der Waals surface area contributed by atoms with Crippen molar-refractivity contribution in [1.82, 2.24) is 0 Å². The van der Waals surface area contributed by atoms with Gasteiger partial charge in [-0.2, -0.15) is 17.6 Å². The van der Waals surface area contributed by atoms with Crippen LogP contribution in [-0.4, -0.2) is 17.1 Å². The zero-order valence-corrected chi connectivity index (χ0v) is 7.96. The quantitative estimate of drug-likeness (QED) is 0.528. The first-order valence-electron chi connectivity index (χ1n) is 4.24. The molecule has 14 heavy (non-hydrogen) atoms. The predicted octanol–water partition coefficient (Wildman–Crippen LogP) is 3.21. The highest BCUT2D eigenvalue weighted by atomic mass is 35.5. The fourth-order valence-electron chi connectivity index (χ4n) is 1.56. The molecule has 1 saturated carbocycles. The highest BCUT2D eigenvalue weighted by Gasteiger charge is 2.61. The van der Waals surface area contributed by atoms with E-state index in [2.05, 4.69) is 11.6 Å². The van der Waals surface area contributed by atoms with E-state index in [1.165, 1.54) is 0 Å². The molecule has 0 aromatic rings. The second-order valence-electron chi connectivity index (χ2n) is 3.39. The summed E-state index contributed by atoms with van der Waals surface area (Å²) in [5.74, 6) is -7.18. The van der Waals surface area contributed by atoms with Crippen molar-refractivity contribution in [2.24, 2.45) is 5.92 Å². The van der Waals surface area contributed by atoms with Gasteiger partial charge in [0.05, 0.1) is 5.92 Å². The zero-order valence-electron chi connectivity index (χ0n) is 7.20. The zero-order chi connectivity index (χ0) is 11.0. The fraction of sp³-hybridized carbons (Fsp3) is 0.875. The van der Waals surface area contributed by atoms with Crippen LogP contribution in [0.2, 0.25) is 0 Å². The molecule has 0 saturated heterocycles. The minimum atomic E-state index is -4.65. The molecule has 1 nitrogen and oxygen atoms in total. The summed E-state index contributed by atoms with van der Waals surface area (Å²) in [6.07, 6.45) is 0.569. The van der Waals surface area contributed by atoms with Crippen LogP contribution >= 0.6 is 11.6 Å². The number of ketones is 1. The summed E-state index contributed by atoms with van der Waals surface area (Å²) in [4.78, 5) is 11.0. The van der Waals surface area contributed by atoms with Gasteiger partial charge in [-0.3, -0.25) is 4.79 Å². The molecule has 0 aromatic carbocycles. The van der Waals surface area contributed by atoms with Gasteiger partial charge >= 0.3 is 11.3 Å². The second-order valence-corrected chi connectivity index (χ2v) is 3.86. The molecule has 0 N–H and O–H groups in total. The molecule has 6 heteroatoms. The maximum Gasteiger partial charge on any atom is 0.384 e. The van der Waals surface area contributed by atoms with Crippen LogP contribution in [0.4, 0.5) is 17.6 Å². The normalized spacial score (nSPS) is 25.2.